The van der Waals surface area contributed by atoms with Gasteiger partial charge in [0.1, 0.15) is 18.2 Å². The Morgan fingerprint density at radius 2 is 1.88 bits per heavy atom. The molecular weight excluding hydrogens is 471 g/mol. The summed E-state index contributed by atoms with van der Waals surface area (Å²) in [5, 5.41) is 10.7. The number of amides is 1. The average Bonchev–Trinajstić information content (AvgIpc) is 3.27. The lowest BCUT2D eigenvalue weighted by Gasteiger charge is -2.17. The van der Waals surface area contributed by atoms with Crippen molar-refractivity contribution in [3.05, 3.63) is 93.0 Å². The van der Waals surface area contributed by atoms with Crippen LogP contribution in [0.2, 0.25) is 10.0 Å². The molecule has 1 aliphatic heterocycles. The molecule has 4 rings (SSSR count). The summed E-state index contributed by atoms with van der Waals surface area (Å²) in [5.74, 6) is 0.491. The summed E-state index contributed by atoms with van der Waals surface area (Å²) in [4.78, 5) is 14.8. The van der Waals surface area contributed by atoms with Gasteiger partial charge in [-0.1, -0.05) is 53.5 Å². The van der Waals surface area contributed by atoms with Crippen LogP contribution in [0.3, 0.4) is 0 Å². The Morgan fingerprint density at radius 3 is 2.62 bits per heavy atom. The number of para-hydroxylation sites is 1. The first-order chi connectivity index (χ1) is 16.5. The van der Waals surface area contributed by atoms with Crippen LogP contribution in [-0.2, 0) is 17.8 Å². The van der Waals surface area contributed by atoms with E-state index in [1.165, 1.54) is 6.08 Å². The zero-order chi connectivity index (χ0) is 24.1. The second kappa shape index (κ2) is 10.6. The van der Waals surface area contributed by atoms with Crippen molar-refractivity contribution in [2.75, 3.05) is 18.1 Å². The Hall–Kier alpha value is -3.46. The number of hydrogen-bond acceptors (Lipinski definition) is 4. The van der Waals surface area contributed by atoms with Gasteiger partial charge in [0.15, 0.2) is 11.5 Å². The number of anilines is 1. The second-order valence-electron chi connectivity index (χ2n) is 7.68. The largest absolute Gasteiger partial charge is 0.490 e. The van der Waals surface area contributed by atoms with Crippen LogP contribution in [0.5, 0.6) is 11.5 Å². The number of benzene rings is 3. The molecule has 0 saturated carbocycles. The monoisotopic (exact) mass is 492 g/mol. The maximum absolute atomic E-state index is 13.1. The van der Waals surface area contributed by atoms with Crippen molar-refractivity contribution in [3.8, 4) is 17.6 Å². The van der Waals surface area contributed by atoms with Gasteiger partial charge in [-0.05, 0) is 66.4 Å². The summed E-state index contributed by atoms with van der Waals surface area (Å²) in [6, 6.07) is 20.5. The molecule has 0 bridgehead atoms. The number of halogens is 2. The fraction of sp³-hybridized carbons (Fsp3) is 0.185. The third kappa shape index (κ3) is 5.20. The van der Waals surface area contributed by atoms with E-state index in [0.29, 0.717) is 40.3 Å². The number of nitrogens with zero attached hydrogens (tertiary/aromatic N) is 2. The first-order valence-corrected chi connectivity index (χ1v) is 11.6. The van der Waals surface area contributed by atoms with Crippen molar-refractivity contribution in [1.29, 1.82) is 5.26 Å². The predicted octanol–water partition coefficient (Wildman–Crippen LogP) is 6.47. The lowest BCUT2D eigenvalue weighted by molar-refractivity contribution is -0.114. The molecule has 3 aromatic rings. The molecule has 5 nitrogen and oxygen atoms in total. The molecule has 1 amide bonds. The molecule has 1 aliphatic rings. The maximum Gasteiger partial charge on any atom is 0.268 e. The van der Waals surface area contributed by atoms with Crippen LogP contribution in [-0.4, -0.2) is 19.1 Å². The minimum atomic E-state index is -0.343. The van der Waals surface area contributed by atoms with Gasteiger partial charge >= 0.3 is 0 Å². The third-order valence-corrected chi connectivity index (χ3v) is 5.96. The zero-order valence-electron chi connectivity index (χ0n) is 18.6. The van der Waals surface area contributed by atoms with Crippen molar-refractivity contribution in [3.63, 3.8) is 0 Å². The van der Waals surface area contributed by atoms with Crippen LogP contribution in [0.4, 0.5) is 5.69 Å². The number of fused-ring (bicyclic) bond motifs is 1. The van der Waals surface area contributed by atoms with Gasteiger partial charge in [-0.3, -0.25) is 4.79 Å². The van der Waals surface area contributed by atoms with Gasteiger partial charge < -0.3 is 14.4 Å². The van der Waals surface area contributed by atoms with Crippen molar-refractivity contribution >= 4 is 40.9 Å². The predicted molar refractivity (Wildman–Crippen MR) is 134 cm³/mol. The normalized spacial score (nSPS) is 12.8. The smallest absolute Gasteiger partial charge is 0.268 e. The standard InChI is InChI=1S/C27H22Cl2N2O3/c1-2-33-25-15-19(14-23(29)26(25)34-17-18-7-9-22(28)10-8-18)13-21(16-30)27(32)31-12-11-20-5-3-4-6-24(20)31/h3-10,13-15H,2,11-12,17H2,1H3/b21-13+. The fourth-order valence-electron chi connectivity index (χ4n) is 3.81. The van der Waals surface area contributed by atoms with Crippen molar-refractivity contribution in [1.82, 2.24) is 0 Å². The van der Waals surface area contributed by atoms with Gasteiger partial charge in [-0.25, -0.2) is 0 Å². The zero-order valence-corrected chi connectivity index (χ0v) is 20.1. The molecule has 0 aliphatic carbocycles. The molecule has 0 saturated heterocycles. The van der Waals surface area contributed by atoms with Crippen LogP contribution in [0.15, 0.2) is 66.2 Å². The lowest BCUT2D eigenvalue weighted by Crippen LogP contribution is -2.29. The molecule has 0 N–H and O–H groups in total. The van der Waals surface area contributed by atoms with Crippen LogP contribution < -0.4 is 14.4 Å². The highest BCUT2D eigenvalue weighted by atomic mass is 35.5. The molecule has 0 radical (unpaired) electrons. The summed E-state index contributed by atoms with van der Waals surface area (Å²) in [7, 11) is 0. The molecule has 0 spiro atoms. The maximum atomic E-state index is 13.1. The first kappa shape index (κ1) is 23.7. The van der Waals surface area contributed by atoms with Crippen LogP contribution in [0, 0.1) is 11.3 Å². The van der Waals surface area contributed by atoms with Crippen LogP contribution >= 0.6 is 23.2 Å². The summed E-state index contributed by atoms with van der Waals surface area (Å²) >= 11 is 12.5. The summed E-state index contributed by atoms with van der Waals surface area (Å²) < 4.78 is 11.7. The number of hydrogen-bond donors (Lipinski definition) is 0. The average molecular weight is 493 g/mol. The van der Waals surface area contributed by atoms with E-state index in [0.717, 1.165) is 23.2 Å². The highest BCUT2D eigenvalue weighted by Crippen LogP contribution is 2.38. The van der Waals surface area contributed by atoms with Crippen molar-refractivity contribution in [2.24, 2.45) is 0 Å². The Labute approximate surface area is 208 Å². The van der Waals surface area contributed by atoms with Crippen molar-refractivity contribution in [2.45, 2.75) is 20.0 Å². The van der Waals surface area contributed by atoms with Gasteiger partial charge in [-0.2, -0.15) is 5.26 Å². The topological polar surface area (TPSA) is 62.6 Å². The van der Waals surface area contributed by atoms with Gasteiger partial charge in [0.25, 0.3) is 5.91 Å². The van der Waals surface area contributed by atoms with Gasteiger partial charge in [0.2, 0.25) is 0 Å². The van der Waals surface area contributed by atoms with E-state index in [1.54, 1.807) is 29.2 Å². The third-order valence-electron chi connectivity index (χ3n) is 5.42. The molecule has 7 heteroatoms. The molecule has 0 atom stereocenters. The first-order valence-electron chi connectivity index (χ1n) is 10.8. The van der Waals surface area contributed by atoms with Gasteiger partial charge in [0.05, 0.1) is 11.6 Å². The molecule has 3 aromatic carbocycles. The molecule has 172 valence electrons. The molecule has 0 unspecified atom stereocenters. The molecule has 34 heavy (non-hydrogen) atoms. The minimum Gasteiger partial charge on any atom is -0.490 e. The Balaban J connectivity index is 1.60. The van der Waals surface area contributed by atoms with Crippen LogP contribution in [0.25, 0.3) is 6.08 Å². The number of carbonyl (C=O) groups is 1. The SMILES string of the molecule is CCOc1cc(/C=C(\C#N)C(=O)N2CCc3ccccc32)cc(Cl)c1OCc1ccc(Cl)cc1. The Morgan fingerprint density at radius 1 is 1.12 bits per heavy atom. The van der Waals surface area contributed by atoms with E-state index in [4.69, 9.17) is 32.7 Å². The lowest BCUT2D eigenvalue weighted by atomic mass is 10.1. The van der Waals surface area contributed by atoms with E-state index in [-0.39, 0.29) is 18.1 Å². The van der Waals surface area contributed by atoms with E-state index < -0.39 is 0 Å². The summed E-state index contributed by atoms with van der Waals surface area (Å²) in [6.07, 6.45) is 2.29. The summed E-state index contributed by atoms with van der Waals surface area (Å²) in [6.45, 7) is 3.08. The Kier molecular flexibility index (Phi) is 7.42. The molecule has 1 heterocycles. The second-order valence-corrected chi connectivity index (χ2v) is 8.53. The Bertz CT molecular complexity index is 1280. The quantitative estimate of drug-likeness (QED) is 0.280. The number of nitriles is 1. The minimum absolute atomic E-state index is 0.0186. The van der Waals surface area contributed by atoms with Gasteiger partial charge in [0, 0.05) is 17.3 Å². The highest BCUT2D eigenvalue weighted by molar-refractivity contribution is 6.32. The molecule has 0 fully saturated rings. The van der Waals surface area contributed by atoms with E-state index >= 15 is 0 Å². The van der Waals surface area contributed by atoms with Crippen molar-refractivity contribution < 1.29 is 14.3 Å². The number of rotatable bonds is 7. The molecule has 0 aromatic heterocycles. The number of ether oxygens (including phenoxy) is 2. The highest BCUT2D eigenvalue weighted by Gasteiger charge is 2.26. The van der Waals surface area contributed by atoms with Crippen LogP contribution in [0.1, 0.15) is 23.6 Å². The molecular formula is C27H22Cl2N2O3. The summed E-state index contributed by atoms with van der Waals surface area (Å²) in [5.41, 5.74) is 3.45. The van der Waals surface area contributed by atoms with E-state index in [9.17, 15) is 10.1 Å². The number of carbonyl (C=O) groups excluding carboxylic acids is 1. The van der Waals surface area contributed by atoms with E-state index in [2.05, 4.69) is 0 Å². The van der Waals surface area contributed by atoms with Gasteiger partial charge in [-0.15, -0.1) is 0 Å². The fourth-order valence-corrected chi connectivity index (χ4v) is 4.21. The van der Waals surface area contributed by atoms with E-state index in [1.807, 2.05) is 49.4 Å².